The molecule has 0 unspecified atom stereocenters. The smallest absolute Gasteiger partial charge is 0.320 e. The van der Waals surface area contributed by atoms with Crippen LogP contribution < -0.4 is 0 Å². The molecule has 1 amide bonds. The molecule has 3 rings (SSSR count). The summed E-state index contributed by atoms with van der Waals surface area (Å²) in [6.07, 6.45) is 0. The first-order valence-electron chi connectivity index (χ1n) is 9.07. The van der Waals surface area contributed by atoms with Gasteiger partial charge in [0.1, 0.15) is 17.8 Å². The number of carbonyl (C=O) groups excluding carboxylic acids is 2. The van der Waals surface area contributed by atoms with E-state index in [1.165, 1.54) is 12.1 Å². The third-order valence-corrected chi connectivity index (χ3v) is 5.67. The van der Waals surface area contributed by atoms with Gasteiger partial charge in [0.25, 0.3) is 0 Å². The SMILES string of the molecule is CN(CC(=O)OCc1ccccc1)CC(=O)N1CCS[C@@H]1c1ccc(F)cc1. The van der Waals surface area contributed by atoms with Crippen LogP contribution in [0.25, 0.3) is 0 Å². The molecule has 0 aromatic heterocycles. The molecule has 1 atom stereocenters. The molecule has 1 saturated heterocycles. The van der Waals surface area contributed by atoms with Crippen molar-refractivity contribution in [1.82, 2.24) is 9.80 Å². The van der Waals surface area contributed by atoms with E-state index in [4.69, 9.17) is 4.74 Å². The third kappa shape index (κ3) is 5.56. The van der Waals surface area contributed by atoms with Gasteiger partial charge in [-0.25, -0.2) is 4.39 Å². The number of ether oxygens (including phenoxy) is 1. The first-order valence-corrected chi connectivity index (χ1v) is 10.1. The molecule has 1 aliphatic heterocycles. The lowest BCUT2D eigenvalue weighted by atomic mass is 10.2. The van der Waals surface area contributed by atoms with Crippen LogP contribution >= 0.6 is 11.8 Å². The molecule has 7 heteroatoms. The van der Waals surface area contributed by atoms with Crippen molar-refractivity contribution >= 4 is 23.6 Å². The molecule has 1 heterocycles. The van der Waals surface area contributed by atoms with Crippen molar-refractivity contribution in [3.8, 4) is 0 Å². The molecule has 0 aliphatic carbocycles. The monoisotopic (exact) mass is 402 g/mol. The predicted molar refractivity (Wildman–Crippen MR) is 107 cm³/mol. The standard InChI is InChI=1S/C21H23FN2O3S/c1-23(14-20(26)27-15-16-5-3-2-4-6-16)13-19(25)24-11-12-28-21(24)17-7-9-18(22)10-8-17/h2-10,21H,11-15H2,1H3/t21-/m1/s1. The lowest BCUT2D eigenvalue weighted by Gasteiger charge is -2.26. The van der Waals surface area contributed by atoms with Gasteiger partial charge in [-0.2, -0.15) is 0 Å². The Morgan fingerprint density at radius 1 is 1.14 bits per heavy atom. The highest BCUT2D eigenvalue weighted by atomic mass is 32.2. The van der Waals surface area contributed by atoms with Crippen molar-refractivity contribution in [3.05, 3.63) is 71.5 Å². The van der Waals surface area contributed by atoms with Crippen LogP contribution in [0.1, 0.15) is 16.5 Å². The molecule has 0 spiro atoms. The van der Waals surface area contributed by atoms with Gasteiger partial charge in [-0.1, -0.05) is 42.5 Å². The third-order valence-electron chi connectivity index (χ3n) is 4.41. The van der Waals surface area contributed by atoms with E-state index in [1.54, 1.807) is 40.7 Å². The van der Waals surface area contributed by atoms with Crippen LogP contribution in [0.2, 0.25) is 0 Å². The van der Waals surface area contributed by atoms with Gasteiger partial charge in [-0.15, -0.1) is 11.8 Å². The summed E-state index contributed by atoms with van der Waals surface area (Å²) in [5.74, 6) is 0.109. The number of hydrogen-bond donors (Lipinski definition) is 0. The van der Waals surface area contributed by atoms with Crippen LogP contribution in [0.15, 0.2) is 54.6 Å². The maximum Gasteiger partial charge on any atom is 0.320 e. The number of nitrogens with zero attached hydrogens (tertiary/aromatic N) is 2. The normalized spacial score (nSPS) is 16.4. The molecule has 1 aliphatic rings. The molecule has 28 heavy (non-hydrogen) atoms. The van der Waals surface area contributed by atoms with E-state index in [2.05, 4.69) is 0 Å². The number of rotatable bonds is 7. The van der Waals surface area contributed by atoms with E-state index < -0.39 is 0 Å². The van der Waals surface area contributed by atoms with Gasteiger partial charge in [-0.05, 0) is 30.3 Å². The summed E-state index contributed by atoms with van der Waals surface area (Å²) in [5, 5.41) is -0.119. The number of likely N-dealkylation sites (N-methyl/N-ethyl adjacent to an activating group) is 1. The molecule has 0 radical (unpaired) electrons. The molecular weight excluding hydrogens is 379 g/mol. The Morgan fingerprint density at radius 3 is 2.57 bits per heavy atom. The van der Waals surface area contributed by atoms with Gasteiger partial charge in [-0.3, -0.25) is 14.5 Å². The quantitative estimate of drug-likeness (QED) is 0.666. The van der Waals surface area contributed by atoms with Crippen LogP contribution in [0.5, 0.6) is 0 Å². The van der Waals surface area contributed by atoms with Crippen molar-refractivity contribution < 1.29 is 18.7 Å². The van der Waals surface area contributed by atoms with Gasteiger partial charge in [0.2, 0.25) is 5.91 Å². The van der Waals surface area contributed by atoms with Crippen LogP contribution in [0.4, 0.5) is 4.39 Å². The van der Waals surface area contributed by atoms with Gasteiger partial charge < -0.3 is 9.64 Å². The summed E-state index contributed by atoms with van der Waals surface area (Å²) in [7, 11) is 1.72. The average molecular weight is 402 g/mol. The molecule has 1 fully saturated rings. The highest BCUT2D eigenvalue weighted by molar-refractivity contribution is 7.99. The largest absolute Gasteiger partial charge is 0.460 e. The molecule has 0 N–H and O–H groups in total. The fraction of sp³-hybridized carbons (Fsp3) is 0.333. The first-order chi connectivity index (χ1) is 13.5. The first kappa shape index (κ1) is 20.4. The topological polar surface area (TPSA) is 49.9 Å². The summed E-state index contributed by atoms with van der Waals surface area (Å²) < 4.78 is 18.4. The van der Waals surface area contributed by atoms with Crippen molar-refractivity contribution in [2.75, 3.05) is 32.4 Å². The average Bonchev–Trinajstić information content (AvgIpc) is 3.17. The molecule has 0 saturated carbocycles. The lowest BCUT2D eigenvalue weighted by Crippen LogP contribution is -2.40. The number of hydrogen-bond acceptors (Lipinski definition) is 5. The molecule has 5 nitrogen and oxygen atoms in total. The number of esters is 1. The molecule has 2 aromatic carbocycles. The van der Waals surface area contributed by atoms with E-state index in [9.17, 15) is 14.0 Å². The zero-order valence-electron chi connectivity index (χ0n) is 15.7. The number of benzene rings is 2. The summed E-state index contributed by atoms with van der Waals surface area (Å²) in [5.41, 5.74) is 1.83. The van der Waals surface area contributed by atoms with Crippen molar-refractivity contribution in [3.63, 3.8) is 0 Å². The molecule has 2 aromatic rings. The van der Waals surface area contributed by atoms with E-state index in [0.717, 1.165) is 16.9 Å². The molecular formula is C21H23FN2O3S. The molecule has 148 valence electrons. The minimum atomic E-state index is -0.370. The van der Waals surface area contributed by atoms with Crippen molar-refractivity contribution in [2.24, 2.45) is 0 Å². The molecule has 0 bridgehead atoms. The zero-order chi connectivity index (χ0) is 19.9. The second-order valence-electron chi connectivity index (χ2n) is 6.68. The van der Waals surface area contributed by atoms with Gasteiger partial charge in [0.15, 0.2) is 0 Å². The predicted octanol–water partition coefficient (Wildman–Crippen LogP) is 3.07. The Bertz CT molecular complexity index is 801. The van der Waals surface area contributed by atoms with Crippen LogP contribution in [-0.2, 0) is 20.9 Å². The van der Waals surface area contributed by atoms with Crippen LogP contribution in [0.3, 0.4) is 0 Å². The van der Waals surface area contributed by atoms with Gasteiger partial charge in [0, 0.05) is 12.3 Å². The summed E-state index contributed by atoms with van der Waals surface area (Å²) in [6.45, 7) is 1.02. The number of carbonyl (C=O) groups is 2. The Hall–Kier alpha value is -2.38. The van der Waals surface area contributed by atoms with E-state index in [1.807, 2.05) is 30.3 Å². The Labute approximate surface area is 168 Å². The second-order valence-corrected chi connectivity index (χ2v) is 7.87. The Kier molecular flexibility index (Phi) is 7.06. The van der Waals surface area contributed by atoms with E-state index in [0.29, 0.717) is 6.54 Å². The highest BCUT2D eigenvalue weighted by Crippen LogP contribution is 2.37. The number of amides is 1. The van der Waals surface area contributed by atoms with Crippen LogP contribution in [-0.4, -0.2) is 54.1 Å². The summed E-state index contributed by atoms with van der Waals surface area (Å²) >= 11 is 1.66. The van der Waals surface area contributed by atoms with Crippen molar-refractivity contribution in [2.45, 2.75) is 12.0 Å². The number of thioether (sulfide) groups is 1. The summed E-state index contributed by atoms with van der Waals surface area (Å²) in [4.78, 5) is 28.2. The number of halogens is 1. The van der Waals surface area contributed by atoms with Gasteiger partial charge >= 0.3 is 5.97 Å². The highest BCUT2D eigenvalue weighted by Gasteiger charge is 2.31. The van der Waals surface area contributed by atoms with Crippen molar-refractivity contribution in [1.29, 1.82) is 0 Å². The fourth-order valence-corrected chi connectivity index (χ4v) is 4.29. The van der Waals surface area contributed by atoms with E-state index >= 15 is 0 Å². The zero-order valence-corrected chi connectivity index (χ0v) is 16.5. The summed E-state index contributed by atoms with van der Waals surface area (Å²) in [6, 6.07) is 15.7. The lowest BCUT2D eigenvalue weighted by molar-refractivity contribution is -0.146. The second kappa shape index (κ2) is 9.71. The fourth-order valence-electron chi connectivity index (χ4n) is 3.01. The Balaban J connectivity index is 1.49. The minimum absolute atomic E-state index is 0.0424. The van der Waals surface area contributed by atoms with Crippen LogP contribution in [0, 0.1) is 5.82 Å². The van der Waals surface area contributed by atoms with Gasteiger partial charge in [0.05, 0.1) is 13.1 Å². The Morgan fingerprint density at radius 2 is 1.86 bits per heavy atom. The van der Waals surface area contributed by atoms with E-state index in [-0.39, 0.29) is 42.8 Å². The minimum Gasteiger partial charge on any atom is -0.460 e. The maximum absolute atomic E-state index is 13.2. The maximum atomic E-state index is 13.2.